The number of rotatable bonds is 5. The molecule has 6 nitrogen and oxygen atoms in total. The number of hydrogen-bond donors (Lipinski definition) is 1. The molecule has 2 heterocycles. The molecule has 1 amide bonds. The number of benzene rings is 1. The van der Waals surface area contributed by atoms with Gasteiger partial charge in [0.25, 0.3) is 5.91 Å². The van der Waals surface area contributed by atoms with Crippen LogP contribution in [0.5, 0.6) is 5.75 Å². The van der Waals surface area contributed by atoms with Gasteiger partial charge >= 0.3 is 0 Å². The van der Waals surface area contributed by atoms with Crippen LogP contribution in [0, 0.1) is 5.82 Å². The molecule has 1 aliphatic heterocycles. The van der Waals surface area contributed by atoms with E-state index in [9.17, 15) is 9.18 Å². The first-order valence-corrected chi connectivity index (χ1v) is 6.90. The number of halogens is 1. The van der Waals surface area contributed by atoms with Gasteiger partial charge in [-0.2, -0.15) is 0 Å². The van der Waals surface area contributed by atoms with Crippen LogP contribution in [0.3, 0.4) is 0 Å². The van der Waals surface area contributed by atoms with E-state index in [0.717, 1.165) is 0 Å². The van der Waals surface area contributed by atoms with Crippen molar-refractivity contribution < 1.29 is 13.9 Å². The molecule has 114 valence electrons. The van der Waals surface area contributed by atoms with E-state index in [-0.39, 0.29) is 24.4 Å². The Kier molecular flexibility index (Phi) is 4.13. The van der Waals surface area contributed by atoms with E-state index in [1.54, 1.807) is 23.4 Å². The Morgan fingerprint density at radius 1 is 1.27 bits per heavy atom. The molecule has 0 saturated carbocycles. The maximum absolute atomic E-state index is 12.8. The number of carbonyl (C=O) groups is 1. The summed E-state index contributed by atoms with van der Waals surface area (Å²) in [5.74, 6) is 0.597. The molecule has 1 saturated heterocycles. The summed E-state index contributed by atoms with van der Waals surface area (Å²) in [6.07, 6.45) is 3.32. The zero-order valence-electron chi connectivity index (χ0n) is 11.8. The highest BCUT2D eigenvalue weighted by molar-refractivity contribution is 5.79. The van der Waals surface area contributed by atoms with Crippen molar-refractivity contribution in [1.82, 2.24) is 14.9 Å². The van der Waals surface area contributed by atoms with Gasteiger partial charge in [-0.1, -0.05) is 0 Å². The fourth-order valence-corrected chi connectivity index (χ4v) is 2.10. The van der Waals surface area contributed by atoms with Crippen LogP contribution in [-0.4, -0.2) is 46.5 Å². The van der Waals surface area contributed by atoms with Crippen LogP contribution in [0.2, 0.25) is 0 Å². The summed E-state index contributed by atoms with van der Waals surface area (Å²) in [4.78, 5) is 21.8. The number of likely N-dealkylation sites (tertiary alicyclic amines) is 1. The van der Waals surface area contributed by atoms with Crippen molar-refractivity contribution in [3.8, 4) is 5.75 Å². The van der Waals surface area contributed by atoms with Crippen molar-refractivity contribution in [2.45, 2.75) is 6.04 Å². The fraction of sp³-hybridized carbons (Fsp3) is 0.267. The van der Waals surface area contributed by atoms with Gasteiger partial charge in [-0.25, -0.2) is 14.4 Å². The van der Waals surface area contributed by atoms with Crippen molar-refractivity contribution in [3.05, 3.63) is 48.5 Å². The van der Waals surface area contributed by atoms with E-state index >= 15 is 0 Å². The first-order chi connectivity index (χ1) is 10.7. The highest BCUT2D eigenvalue weighted by Gasteiger charge is 2.31. The predicted octanol–water partition coefficient (Wildman–Crippen LogP) is 1.32. The van der Waals surface area contributed by atoms with E-state index in [4.69, 9.17) is 4.74 Å². The lowest BCUT2D eigenvalue weighted by molar-refractivity contribution is -0.137. The first-order valence-electron chi connectivity index (χ1n) is 6.90. The summed E-state index contributed by atoms with van der Waals surface area (Å²) in [5.41, 5.74) is 0. The molecule has 1 aliphatic rings. The summed E-state index contributed by atoms with van der Waals surface area (Å²) in [6, 6.07) is 7.48. The Morgan fingerprint density at radius 2 is 1.95 bits per heavy atom. The third-order valence-electron chi connectivity index (χ3n) is 3.31. The number of anilines is 1. The molecule has 3 rings (SSSR count). The van der Waals surface area contributed by atoms with Crippen LogP contribution in [0.15, 0.2) is 42.7 Å². The minimum absolute atomic E-state index is 0.0554. The normalized spacial score (nSPS) is 14.3. The summed E-state index contributed by atoms with van der Waals surface area (Å²) in [6.45, 7) is 1.12. The molecule has 0 radical (unpaired) electrons. The molecule has 1 N–H and O–H groups in total. The smallest absolute Gasteiger partial charge is 0.260 e. The maximum Gasteiger partial charge on any atom is 0.260 e. The van der Waals surface area contributed by atoms with Gasteiger partial charge in [0.15, 0.2) is 6.61 Å². The van der Waals surface area contributed by atoms with Crippen LogP contribution >= 0.6 is 0 Å². The van der Waals surface area contributed by atoms with Gasteiger partial charge in [-0.05, 0) is 30.3 Å². The van der Waals surface area contributed by atoms with Gasteiger partial charge in [0.2, 0.25) is 5.95 Å². The molecular weight excluding hydrogens is 287 g/mol. The summed E-state index contributed by atoms with van der Waals surface area (Å²) < 4.78 is 18.1. The quantitative estimate of drug-likeness (QED) is 0.902. The molecule has 1 fully saturated rings. The summed E-state index contributed by atoms with van der Waals surface area (Å²) >= 11 is 0. The molecular formula is C15H15FN4O2. The lowest BCUT2D eigenvalue weighted by Gasteiger charge is -2.39. The van der Waals surface area contributed by atoms with Crippen molar-refractivity contribution >= 4 is 11.9 Å². The van der Waals surface area contributed by atoms with Gasteiger partial charge in [0.05, 0.1) is 6.04 Å². The molecule has 0 spiro atoms. The van der Waals surface area contributed by atoms with Crippen LogP contribution in [0.1, 0.15) is 0 Å². The zero-order chi connectivity index (χ0) is 15.4. The van der Waals surface area contributed by atoms with Crippen molar-refractivity contribution in [1.29, 1.82) is 0 Å². The van der Waals surface area contributed by atoms with Crippen LogP contribution < -0.4 is 10.1 Å². The Morgan fingerprint density at radius 3 is 2.64 bits per heavy atom. The monoisotopic (exact) mass is 302 g/mol. The van der Waals surface area contributed by atoms with Gasteiger partial charge in [-0.3, -0.25) is 4.79 Å². The van der Waals surface area contributed by atoms with Crippen LogP contribution in [0.25, 0.3) is 0 Å². The molecule has 0 bridgehead atoms. The number of amides is 1. The second kappa shape index (κ2) is 6.38. The summed E-state index contributed by atoms with van der Waals surface area (Å²) in [7, 11) is 0. The Bertz CT molecular complexity index is 630. The zero-order valence-corrected chi connectivity index (χ0v) is 11.8. The van der Waals surface area contributed by atoms with Gasteiger partial charge in [0.1, 0.15) is 11.6 Å². The van der Waals surface area contributed by atoms with Crippen LogP contribution in [0.4, 0.5) is 10.3 Å². The minimum Gasteiger partial charge on any atom is -0.484 e. The van der Waals surface area contributed by atoms with E-state index in [1.807, 2.05) is 0 Å². The number of nitrogens with one attached hydrogen (secondary N) is 1. The third kappa shape index (κ3) is 3.49. The Balaban J connectivity index is 1.41. The number of carbonyl (C=O) groups excluding carboxylic acids is 1. The largest absolute Gasteiger partial charge is 0.484 e. The van der Waals surface area contributed by atoms with Gasteiger partial charge in [-0.15, -0.1) is 0 Å². The predicted molar refractivity (Wildman–Crippen MR) is 77.9 cm³/mol. The minimum atomic E-state index is -0.335. The average molecular weight is 302 g/mol. The number of nitrogens with zero attached hydrogens (tertiary/aromatic N) is 3. The second-order valence-electron chi connectivity index (χ2n) is 4.95. The van der Waals surface area contributed by atoms with E-state index in [2.05, 4.69) is 15.3 Å². The molecule has 22 heavy (non-hydrogen) atoms. The lowest BCUT2D eigenvalue weighted by atomic mass is 10.1. The van der Waals surface area contributed by atoms with Crippen molar-refractivity contribution in [2.75, 3.05) is 25.0 Å². The number of ether oxygens (including phenoxy) is 1. The third-order valence-corrected chi connectivity index (χ3v) is 3.31. The molecule has 0 unspecified atom stereocenters. The molecule has 0 atom stereocenters. The van der Waals surface area contributed by atoms with E-state index < -0.39 is 0 Å². The lowest BCUT2D eigenvalue weighted by Crippen LogP contribution is -2.58. The molecule has 0 aliphatic carbocycles. The van der Waals surface area contributed by atoms with Crippen LogP contribution in [-0.2, 0) is 4.79 Å². The van der Waals surface area contributed by atoms with Gasteiger partial charge in [0, 0.05) is 25.5 Å². The number of aromatic nitrogens is 2. The first kappa shape index (κ1) is 14.2. The average Bonchev–Trinajstić information content (AvgIpc) is 2.50. The number of hydrogen-bond acceptors (Lipinski definition) is 5. The molecule has 1 aromatic carbocycles. The highest BCUT2D eigenvalue weighted by Crippen LogP contribution is 2.14. The fourth-order valence-electron chi connectivity index (χ4n) is 2.10. The Labute approximate surface area is 126 Å². The highest BCUT2D eigenvalue weighted by atomic mass is 19.1. The van der Waals surface area contributed by atoms with Crippen molar-refractivity contribution in [2.24, 2.45) is 0 Å². The van der Waals surface area contributed by atoms with Crippen molar-refractivity contribution in [3.63, 3.8) is 0 Å². The van der Waals surface area contributed by atoms with Gasteiger partial charge < -0.3 is 15.0 Å². The summed E-state index contributed by atoms with van der Waals surface area (Å²) in [5, 5.41) is 3.14. The maximum atomic E-state index is 12.8. The SMILES string of the molecule is O=C(COc1ccc(F)cc1)N1CC(Nc2ncccn2)C1. The Hall–Kier alpha value is -2.70. The molecule has 7 heteroatoms. The topological polar surface area (TPSA) is 67.3 Å². The van der Waals surface area contributed by atoms with E-state index in [0.29, 0.717) is 24.8 Å². The van der Waals surface area contributed by atoms with E-state index in [1.165, 1.54) is 24.3 Å². The standard InChI is InChI=1S/C15H15FN4O2/c16-11-2-4-13(5-3-11)22-10-14(21)20-8-12(9-20)19-15-17-6-1-7-18-15/h1-7,12H,8-10H2,(H,17,18,19). The molecule has 1 aromatic heterocycles. The molecule has 2 aromatic rings. The second-order valence-corrected chi connectivity index (χ2v) is 4.95.